The van der Waals surface area contributed by atoms with Gasteiger partial charge < -0.3 is 5.32 Å². The SMILES string of the molecule is CCc1ccc(NC(=O)[C@]23CC[C@@H](C2)C(C)(C)C3=O)cc1. The monoisotopic (exact) mass is 285 g/mol. The van der Waals surface area contributed by atoms with Gasteiger partial charge in [-0.15, -0.1) is 0 Å². The minimum absolute atomic E-state index is 0.107. The molecule has 2 bridgehead atoms. The molecule has 21 heavy (non-hydrogen) atoms. The highest BCUT2D eigenvalue weighted by Gasteiger charge is 2.64. The molecule has 0 unspecified atom stereocenters. The van der Waals surface area contributed by atoms with Gasteiger partial charge in [-0.25, -0.2) is 0 Å². The van der Waals surface area contributed by atoms with E-state index in [0.717, 1.165) is 24.9 Å². The van der Waals surface area contributed by atoms with Crippen molar-refractivity contribution in [2.45, 2.75) is 46.5 Å². The van der Waals surface area contributed by atoms with Gasteiger partial charge in [-0.2, -0.15) is 0 Å². The maximum atomic E-state index is 12.7. The molecule has 3 nitrogen and oxygen atoms in total. The van der Waals surface area contributed by atoms with E-state index in [1.165, 1.54) is 5.56 Å². The molecule has 0 spiro atoms. The highest BCUT2D eigenvalue weighted by atomic mass is 16.2. The van der Waals surface area contributed by atoms with E-state index < -0.39 is 5.41 Å². The molecule has 0 aromatic heterocycles. The summed E-state index contributed by atoms with van der Waals surface area (Å²) in [5.74, 6) is 0.386. The van der Waals surface area contributed by atoms with Crippen LogP contribution < -0.4 is 5.32 Å². The standard InChI is InChI=1S/C18H23NO2/c1-4-12-5-7-14(8-6-12)19-16(21)18-10-9-13(11-18)17(2,3)15(18)20/h5-8,13H,4,9-11H2,1-3H3,(H,19,21)/t13-,18+/m0/s1. The predicted molar refractivity (Wildman–Crippen MR) is 83.0 cm³/mol. The van der Waals surface area contributed by atoms with Crippen LogP contribution in [0.2, 0.25) is 0 Å². The van der Waals surface area contributed by atoms with Gasteiger partial charge in [0, 0.05) is 11.1 Å². The number of hydrogen-bond acceptors (Lipinski definition) is 2. The largest absolute Gasteiger partial charge is 0.325 e. The van der Waals surface area contributed by atoms with Crippen LogP contribution in [0.25, 0.3) is 0 Å². The molecule has 2 aliphatic carbocycles. The van der Waals surface area contributed by atoms with Crippen molar-refractivity contribution >= 4 is 17.4 Å². The first-order chi connectivity index (χ1) is 9.90. The van der Waals surface area contributed by atoms with E-state index in [0.29, 0.717) is 12.3 Å². The Morgan fingerprint density at radius 3 is 2.48 bits per heavy atom. The van der Waals surface area contributed by atoms with E-state index in [1.807, 2.05) is 38.1 Å². The van der Waals surface area contributed by atoms with Crippen LogP contribution in [0.3, 0.4) is 0 Å². The van der Waals surface area contributed by atoms with Crippen LogP contribution in [-0.2, 0) is 16.0 Å². The predicted octanol–water partition coefficient (Wildman–Crippen LogP) is 3.58. The molecule has 1 aromatic rings. The van der Waals surface area contributed by atoms with Crippen LogP contribution in [0.4, 0.5) is 5.69 Å². The Morgan fingerprint density at radius 1 is 1.29 bits per heavy atom. The van der Waals surface area contributed by atoms with Crippen molar-refractivity contribution in [2.75, 3.05) is 5.32 Å². The third-order valence-corrected chi connectivity index (χ3v) is 5.61. The van der Waals surface area contributed by atoms with Crippen LogP contribution in [0, 0.1) is 16.7 Å². The number of Topliss-reactive ketones (excluding diaryl/α,β-unsaturated/α-hetero) is 1. The average molecular weight is 285 g/mol. The number of fused-ring (bicyclic) bond motifs is 2. The van der Waals surface area contributed by atoms with Crippen LogP contribution in [-0.4, -0.2) is 11.7 Å². The van der Waals surface area contributed by atoms with Crippen LogP contribution >= 0.6 is 0 Å². The van der Waals surface area contributed by atoms with Crippen molar-refractivity contribution in [1.82, 2.24) is 0 Å². The zero-order valence-electron chi connectivity index (χ0n) is 13.0. The molecule has 2 aliphatic rings. The Hall–Kier alpha value is -1.64. The molecular formula is C18H23NO2. The second-order valence-corrected chi connectivity index (χ2v) is 7.08. The second kappa shape index (κ2) is 4.69. The summed E-state index contributed by atoms with van der Waals surface area (Å²) in [6.07, 6.45) is 3.39. The van der Waals surface area contributed by atoms with Gasteiger partial charge >= 0.3 is 0 Å². The number of aryl methyl sites for hydroxylation is 1. The normalized spacial score (nSPS) is 29.7. The Kier molecular flexibility index (Phi) is 3.19. The molecule has 3 rings (SSSR count). The van der Waals surface area contributed by atoms with Crippen LogP contribution in [0.15, 0.2) is 24.3 Å². The fourth-order valence-corrected chi connectivity index (χ4v) is 4.05. The number of benzene rings is 1. The summed E-state index contributed by atoms with van der Waals surface area (Å²) in [5.41, 5.74) is 0.900. The number of rotatable bonds is 3. The zero-order chi connectivity index (χ0) is 15.3. The molecule has 0 saturated heterocycles. The molecule has 112 valence electrons. The zero-order valence-corrected chi connectivity index (χ0v) is 13.0. The lowest BCUT2D eigenvalue weighted by molar-refractivity contribution is -0.142. The topological polar surface area (TPSA) is 46.2 Å². The first-order valence-electron chi connectivity index (χ1n) is 7.85. The first kappa shape index (κ1) is 14.3. The Morgan fingerprint density at radius 2 is 1.95 bits per heavy atom. The van der Waals surface area contributed by atoms with Gasteiger partial charge in [0.15, 0.2) is 5.78 Å². The van der Waals surface area contributed by atoms with Crippen molar-refractivity contribution in [3.05, 3.63) is 29.8 Å². The van der Waals surface area contributed by atoms with Crippen molar-refractivity contribution in [1.29, 1.82) is 0 Å². The van der Waals surface area contributed by atoms with Crippen LogP contribution in [0.5, 0.6) is 0 Å². The third-order valence-electron chi connectivity index (χ3n) is 5.61. The molecule has 0 heterocycles. The molecular weight excluding hydrogens is 262 g/mol. The van der Waals surface area contributed by atoms with Gasteiger partial charge in [0.05, 0.1) is 0 Å². The van der Waals surface area contributed by atoms with E-state index in [1.54, 1.807) is 0 Å². The van der Waals surface area contributed by atoms with Gasteiger partial charge in [0.25, 0.3) is 0 Å². The van der Waals surface area contributed by atoms with Gasteiger partial charge in [0.2, 0.25) is 5.91 Å². The van der Waals surface area contributed by atoms with Gasteiger partial charge in [0.1, 0.15) is 5.41 Å². The van der Waals surface area contributed by atoms with Crippen molar-refractivity contribution < 1.29 is 9.59 Å². The second-order valence-electron chi connectivity index (χ2n) is 7.08. The smallest absolute Gasteiger partial charge is 0.238 e. The molecule has 0 radical (unpaired) electrons. The van der Waals surface area contributed by atoms with Crippen molar-refractivity contribution in [3.63, 3.8) is 0 Å². The molecule has 0 aliphatic heterocycles. The molecule has 1 aromatic carbocycles. The fraction of sp³-hybridized carbons (Fsp3) is 0.556. The van der Waals surface area contributed by atoms with Gasteiger partial charge in [-0.05, 0) is 49.3 Å². The molecule has 3 heteroatoms. The Labute approximate surface area is 126 Å². The summed E-state index contributed by atoms with van der Waals surface area (Å²) in [7, 11) is 0. The summed E-state index contributed by atoms with van der Waals surface area (Å²) >= 11 is 0. The van der Waals surface area contributed by atoms with E-state index >= 15 is 0 Å². The molecule has 2 atom stereocenters. The van der Waals surface area contributed by atoms with E-state index in [-0.39, 0.29) is 17.1 Å². The van der Waals surface area contributed by atoms with E-state index in [9.17, 15) is 9.59 Å². The summed E-state index contributed by atoms with van der Waals surface area (Å²) in [5, 5.41) is 2.96. The number of carbonyl (C=O) groups is 2. The van der Waals surface area contributed by atoms with Crippen LogP contribution in [0.1, 0.15) is 45.6 Å². The lowest BCUT2D eigenvalue weighted by Gasteiger charge is -2.32. The average Bonchev–Trinajstić information content (AvgIpc) is 3.00. The highest BCUT2D eigenvalue weighted by molar-refractivity contribution is 6.15. The van der Waals surface area contributed by atoms with Crippen molar-refractivity contribution in [3.8, 4) is 0 Å². The number of ketones is 1. The summed E-state index contributed by atoms with van der Waals surface area (Å²) in [4.78, 5) is 25.4. The lowest BCUT2D eigenvalue weighted by Crippen LogP contribution is -2.44. The molecule has 1 amide bonds. The third kappa shape index (κ3) is 2.02. The maximum absolute atomic E-state index is 12.7. The highest BCUT2D eigenvalue weighted by Crippen LogP contribution is 2.60. The number of nitrogens with one attached hydrogen (secondary N) is 1. The molecule has 2 fully saturated rings. The number of hydrogen-bond donors (Lipinski definition) is 1. The summed E-state index contributed by atoms with van der Waals surface area (Å²) in [6.45, 7) is 6.08. The maximum Gasteiger partial charge on any atom is 0.238 e. The molecule has 1 N–H and O–H groups in total. The van der Waals surface area contributed by atoms with Gasteiger partial charge in [-0.3, -0.25) is 9.59 Å². The van der Waals surface area contributed by atoms with E-state index in [2.05, 4.69) is 12.2 Å². The quantitative estimate of drug-likeness (QED) is 0.863. The summed E-state index contributed by atoms with van der Waals surface area (Å²) < 4.78 is 0. The molecule has 2 saturated carbocycles. The minimum Gasteiger partial charge on any atom is -0.325 e. The number of amides is 1. The Balaban J connectivity index is 1.81. The fourth-order valence-electron chi connectivity index (χ4n) is 4.05. The summed E-state index contributed by atoms with van der Waals surface area (Å²) in [6, 6.07) is 7.88. The van der Waals surface area contributed by atoms with E-state index in [4.69, 9.17) is 0 Å². The first-order valence-corrected chi connectivity index (χ1v) is 7.85. The lowest BCUT2D eigenvalue weighted by atomic mass is 9.70. The number of anilines is 1. The van der Waals surface area contributed by atoms with Crippen molar-refractivity contribution in [2.24, 2.45) is 16.7 Å². The van der Waals surface area contributed by atoms with Gasteiger partial charge in [-0.1, -0.05) is 32.9 Å². The minimum atomic E-state index is -0.780. The Bertz CT molecular complexity index is 588. The number of carbonyl (C=O) groups excluding carboxylic acids is 2.